The fourth-order valence-corrected chi connectivity index (χ4v) is 1.43. The second kappa shape index (κ2) is 6.30. The Bertz CT molecular complexity index is 311. The van der Waals surface area contributed by atoms with Gasteiger partial charge < -0.3 is 10.1 Å². The van der Waals surface area contributed by atoms with Gasteiger partial charge in [0.1, 0.15) is 12.1 Å². The molecule has 1 rings (SSSR count). The number of ether oxygens (including phenoxy) is 1. The molecular weight excluding hydrogens is 202 g/mol. The van der Waals surface area contributed by atoms with Crippen molar-refractivity contribution in [1.82, 2.24) is 9.97 Å². The zero-order valence-corrected chi connectivity index (χ0v) is 10.5. The highest BCUT2D eigenvalue weighted by atomic mass is 16.5. The lowest BCUT2D eigenvalue weighted by molar-refractivity contribution is 0.232. The molecule has 16 heavy (non-hydrogen) atoms. The van der Waals surface area contributed by atoms with E-state index in [1.54, 1.807) is 0 Å². The van der Waals surface area contributed by atoms with E-state index in [4.69, 9.17) is 4.74 Å². The lowest BCUT2D eigenvalue weighted by Gasteiger charge is -2.16. The predicted octanol–water partition coefficient (Wildman–Crippen LogP) is 2.86. The van der Waals surface area contributed by atoms with E-state index in [2.05, 4.69) is 29.1 Å². The highest BCUT2D eigenvalue weighted by molar-refractivity contribution is 5.38. The molecule has 90 valence electrons. The van der Waals surface area contributed by atoms with Crippen molar-refractivity contribution in [3.63, 3.8) is 0 Å². The van der Waals surface area contributed by atoms with Crippen LogP contribution >= 0.6 is 0 Å². The van der Waals surface area contributed by atoms with Crippen LogP contribution in [0.4, 0.5) is 5.82 Å². The number of nitrogens with one attached hydrogen (secondary N) is 1. The zero-order valence-electron chi connectivity index (χ0n) is 10.5. The number of nitrogens with zero attached hydrogens (tertiary/aromatic N) is 2. The number of anilines is 1. The smallest absolute Gasteiger partial charge is 0.218 e. The van der Waals surface area contributed by atoms with E-state index in [-0.39, 0.29) is 6.10 Å². The summed E-state index contributed by atoms with van der Waals surface area (Å²) in [5.41, 5.74) is 0. The van der Waals surface area contributed by atoms with Crippen LogP contribution in [0.2, 0.25) is 0 Å². The zero-order chi connectivity index (χ0) is 12.0. The van der Waals surface area contributed by atoms with Crippen LogP contribution in [-0.4, -0.2) is 22.1 Å². The molecule has 0 atom stereocenters. The Balaban J connectivity index is 2.66. The number of rotatable bonds is 6. The van der Waals surface area contributed by atoms with Gasteiger partial charge in [0.2, 0.25) is 5.88 Å². The normalized spacial score (nSPS) is 10.9. The monoisotopic (exact) mass is 223 g/mol. The molecule has 0 aliphatic rings. The third-order valence-electron chi connectivity index (χ3n) is 2.34. The van der Waals surface area contributed by atoms with E-state index < -0.39 is 0 Å². The van der Waals surface area contributed by atoms with E-state index in [1.165, 1.54) is 6.33 Å². The summed E-state index contributed by atoms with van der Waals surface area (Å²) in [6, 6.07) is 2.31. The van der Waals surface area contributed by atoms with Gasteiger partial charge in [-0.3, -0.25) is 0 Å². The molecule has 0 aliphatic carbocycles. The first-order chi connectivity index (χ1) is 7.65. The van der Waals surface area contributed by atoms with Gasteiger partial charge in [0.15, 0.2) is 0 Å². The van der Waals surface area contributed by atoms with Gasteiger partial charge in [-0.15, -0.1) is 0 Å². The van der Waals surface area contributed by atoms with Gasteiger partial charge in [0.25, 0.3) is 0 Å². The van der Waals surface area contributed by atoms with Crippen molar-refractivity contribution >= 4 is 5.82 Å². The molecule has 0 saturated carbocycles. The van der Waals surface area contributed by atoms with Crippen LogP contribution in [0.3, 0.4) is 0 Å². The summed E-state index contributed by atoms with van der Waals surface area (Å²) in [4.78, 5) is 8.25. The topological polar surface area (TPSA) is 47.0 Å². The van der Waals surface area contributed by atoms with Crippen molar-refractivity contribution in [3.05, 3.63) is 12.4 Å². The minimum absolute atomic E-state index is 0.135. The van der Waals surface area contributed by atoms with E-state index in [0.717, 1.165) is 18.7 Å². The average Bonchev–Trinajstić information content (AvgIpc) is 2.25. The quantitative estimate of drug-likeness (QED) is 0.805. The fraction of sp³-hybridized carbons (Fsp3) is 0.667. The molecule has 0 spiro atoms. The van der Waals surface area contributed by atoms with Gasteiger partial charge in [-0.05, 0) is 26.7 Å². The third-order valence-corrected chi connectivity index (χ3v) is 2.34. The largest absolute Gasteiger partial charge is 0.475 e. The number of aromatic nitrogens is 2. The van der Waals surface area contributed by atoms with Crippen molar-refractivity contribution in [2.75, 3.05) is 5.32 Å². The molecule has 1 N–H and O–H groups in total. The maximum atomic E-state index is 5.51. The first-order valence-corrected chi connectivity index (χ1v) is 5.90. The SMILES string of the molecule is CCC(CC)Nc1cc(OC(C)C)ncn1. The van der Waals surface area contributed by atoms with E-state index in [9.17, 15) is 0 Å². The predicted molar refractivity (Wildman–Crippen MR) is 65.8 cm³/mol. The lowest BCUT2D eigenvalue weighted by atomic mass is 10.2. The number of hydrogen-bond acceptors (Lipinski definition) is 4. The van der Waals surface area contributed by atoms with Crippen LogP contribution < -0.4 is 10.1 Å². The molecule has 0 amide bonds. The molecule has 0 radical (unpaired) electrons. The Morgan fingerprint density at radius 2 is 1.94 bits per heavy atom. The van der Waals surface area contributed by atoms with Crippen LogP contribution in [0.25, 0.3) is 0 Å². The van der Waals surface area contributed by atoms with Gasteiger partial charge >= 0.3 is 0 Å². The molecule has 0 aliphatic heterocycles. The second-order valence-corrected chi connectivity index (χ2v) is 4.07. The standard InChI is InChI=1S/C12H21N3O/c1-5-10(6-2)15-11-7-12(14-8-13-11)16-9(3)4/h7-10H,5-6H2,1-4H3,(H,13,14,15). The molecule has 4 nitrogen and oxygen atoms in total. The fourth-order valence-electron chi connectivity index (χ4n) is 1.43. The first kappa shape index (κ1) is 12.7. The highest BCUT2D eigenvalue weighted by Gasteiger charge is 2.06. The van der Waals surface area contributed by atoms with Gasteiger partial charge in [-0.25, -0.2) is 9.97 Å². The Morgan fingerprint density at radius 3 is 2.50 bits per heavy atom. The summed E-state index contributed by atoms with van der Waals surface area (Å²) in [7, 11) is 0. The summed E-state index contributed by atoms with van der Waals surface area (Å²) in [6.07, 6.45) is 3.83. The van der Waals surface area contributed by atoms with Crippen molar-refractivity contribution in [1.29, 1.82) is 0 Å². The molecule has 0 aromatic carbocycles. The van der Waals surface area contributed by atoms with Crippen LogP contribution in [0.5, 0.6) is 5.88 Å². The Morgan fingerprint density at radius 1 is 1.25 bits per heavy atom. The average molecular weight is 223 g/mol. The molecule has 1 aromatic heterocycles. The summed E-state index contributed by atoms with van der Waals surface area (Å²) >= 11 is 0. The maximum absolute atomic E-state index is 5.51. The van der Waals surface area contributed by atoms with E-state index in [0.29, 0.717) is 11.9 Å². The number of hydrogen-bond donors (Lipinski definition) is 1. The lowest BCUT2D eigenvalue weighted by Crippen LogP contribution is -2.18. The third kappa shape index (κ3) is 4.04. The van der Waals surface area contributed by atoms with Crippen LogP contribution in [0, 0.1) is 0 Å². The molecular formula is C12H21N3O. The maximum Gasteiger partial charge on any atom is 0.218 e. The van der Waals surface area contributed by atoms with Crippen molar-refractivity contribution < 1.29 is 4.74 Å². The summed E-state index contributed by atoms with van der Waals surface area (Å²) in [5, 5.41) is 3.36. The second-order valence-electron chi connectivity index (χ2n) is 4.07. The van der Waals surface area contributed by atoms with Crippen LogP contribution in [-0.2, 0) is 0 Å². The van der Waals surface area contributed by atoms with Gasteiger partial charge in [-0.2, -0.15) is 0 Å². The molecule has 1 heterocycles. The minimum atomic E-state index is 0.135. The first-order valence-electron chi connectivity index (χ1n) is 5.90. The van der Waals surface area contributed by atoms with Crippen molar-refractivity contribution in [2.45, 2.75) is 52.7 Å². The summed E-state index contributed by atoms with van der Waals surface area (Å²) in [5.74, 6) is 1.46. The Hall–Kier alpha value is -1.32. The van der Waals surface area contributed by atoms with Gasteiger partial charge in [0, 0.05) is 12.1 Å². The molecule has 4 heteroatoms. The Labute approximate surface area is 97.5 Å². The summed E-state index contributed by atoms with van der Waals surface area (Å²) in [6.45, 7) is 8.29. The van der Waals surface area contributed by atoms with Crippen molar-refractivity contribution in [3.8, 4) is 5.88 Å². The minimum Gasteiger partial charge on any atom is -0.475 e. The van der Waals surface area contributed by atoms with Crippen LogP contribution in [0.15, 0.2) is 12.4 Å². The molecule has 0 bridgehead atoms. The van der Waals surface area contributed by atoms with E-state index in [1.807, 2.05) is 19.9 Å². The molecule has 1 aromatic rings. The Kier molecular flexibility index (Phi) is 5.02. The molecule has 0 unspecified atom stereocenters. The highest BCUT2D eigenvalue weighted by Crippen LogP contribution is 2.14. The summed E-state index contributed by atoms with van der Waals surface area (Å²) < 4.78 is 5.51. The van der Waals surface area contributed by atoms with E-state index >= 15 is 0 Å². The van der Waals surface area contributed by atoms with Gasteiger partial charge in [0.05, 0.1) is 6.10 Å². The molecule has 0 saturated heterocycles. The molecule has 0 fully saturated rings. The van der Waals surface area contributed by atoms with Gasteiger partial charge in [-0.1, -0.05) is 13.8 Å². The van der Waals surface area contributed by atoms with Crippen LogP contribution in [0.1, 0.15) is 40.5 Å². The van der Waals surface area contributed by atoms with Crippen molar-refractivity contribution in [2.24, 2.45) is 0 Å².